The summed E-state index contributed by atoms with van der Waals surface area (Å²) in [5.41, 5.74) is 4.20. The molecule has 2 aromatic rings. The second kappa shape index (κ2) is 5.20. The van der Waals surface area contributed by atoms with Crippen LogP contribution >= 0.6 is 0 Å². The zero-order valence-corrected chi connectivity index (χ0v) is 10.5. The van der Waals surface area contributed by atoms with Crippen LogP contribution < -0.4 is 11.1 Å². The van der Waals surface area contributed by atoms with Gasteiger partial charge in [-0.05, 0) is 24.3 Å². The second-order valence-electron chi connectivity index (χ2n) is 4.17. The SMILES string of the molecule is N#Cc1ccc(NC(=O)c2cc(N)c[nH]2)cc1C(F)(F)F. The van der Waals surface area contributed by atoms with Gasteiger partial charge in [-0.2, -0.15) is 18.4 Å². The van der Waals surface area contributed by atoms with Crippen molar-refractivity contribution in [2.24, 2.45) is 0 Å². The molecule has 0 atom stereocenters. The molecule has 0 saturated carbocycles. The van der Waals surface area contributed by atoms with Crippen LogP contribution in [-0.2, 0) is 6.18 Å². The first kappa shape index (κ1) is 14.5. The first-order valence-corrected chi connectivity index (χ1v) is 5.68. The van der Waals surface area contributed by atoms with E-state index < -0.39 is 23.2 Å². The van der Waals surface area contributed by atoms with E-state index in [9.17, 15) is 18.0 Å². The highest BCUT2D eigenvalue weighted by Crippen LogP contribution is 2.33. The molecule has 21 heavy (non-hydrogen) atoms. The van der Waals surface area contributed by atoms with E-state index in [4.69, 9.17) is 11.0 Å². The first-order valence-electron chi connectivity index (χ1n) is 5.68. The zero-order chi connectivity index (χ0) is 15.6. The molecule has 0 radical (unpaired) electrons. The van der Waals surface area contributed by atoms with E-state index >= 15 is 0 Å². The number of amides is 1. The average molecular weight is 294 g/mol. The molecule has 8 heteroatoms. The summed E-state index contributed by atoms with van der Waals surface area (Å²) in [5, 5.41) is 11.0. The zero-order valence-electron chi connectivity index (χ0n) is 10.5. The van der Waals surface area contributed by atoms with Gasteiger partial charge in [-0.25, -0.2) is 0 Å². The summed E-state index contributed by atoms with van der Waals surface area (Å²) < 4.78 is 38.4. The van der Waals surface area contributed by atoms with Crippen LogP contribution in [0, 0.1) is 11.3 Å². The third-order valence-corrected chi connectivity index (χ3v) is 2.65. The maximum Gasteiger partial charge on any atom is 0.417 e. The Morgan fingerprint density at radius 2 is 2.05 bits per heavy atom. The minimum atomic E-state index is -4.68. The highest BCUT2D eigenvalue weighted by atomic mass is 19.4. The molecule has 1 aromatic carbocycles. The third-order valence-electron chi connectivity index (χ3n) is 2.65. The summed E-state index contributed by atoms with van der Waals surface area (Å²) in [7, 11) is 0. The molecular formula is C13H9F3N4O. The van der Waals surface area contributed by atoms with E-state index in [1.54, 1.807) is 0 Å². The fraction of sp³-hybridized carbons (Fsp3) is 0.0769. The fourth-order valence-corrected chi connectivity index (χ4v) is 1.69. The Balaban J connectivity index is 2.30. The van der Waals surface area contributed by atoms with Crippen molar-refractivity contribution < 1.29 is 18.0 Å². The van der Waals surface area contributed by atoms with E-state index in [1.807, 2.05) is 0 Å². The van der Waals surface area contributed by atoms with E-state index in [0.717, 1.165) is 6.07 Å². The number of hydrogen-bond donors (Lipinski definition) is 3. The summed E-state index contributed by atoms with van der Waals surface area (Å²) in [6, 6.07) is 5.75. The molecule has 0 aliphatic carbocycles. The summed E-state index contributed by atoms with van der Waals surface area (Å²) >= 11 is 0. The molecule has 108 valence electrons. The molecule has 1 heterocycles. The Labute approximate surface area is 117 Å². The predicted octanol–water partition coefficient (Wildman–Crippen LogP) is 2.74. The number of anilines is 2. The minimum absolute atomic E-state index is 0.0699. The number of hydrogen-bond acceptors (Lipinski definition) is 3. The van der Waals surface area contributed by atoms with E-state index in [-0.39, 0.29) is 11.4 Å². The number of nitrogens with zero attached hydrogens (tertiary/aromatic N) is 1. The highest BCUT2D eigenvalue weighted by Gasteiger charge is 2.34. The lowest BCUT2D eigenvalue weighted by Gasteiger charge is -2.11. The largest absolute Gasteiger partial charge is 0.417 e. The van der Waals surface area contributed by atoms with Gasteiger partial charge in [0, 0.05) is 17.6 Å². The number of rotatable bonds is 2. The molecule has 2 rings (SSSR count). The van der Waals surface area contributed by atoms with Gasteiger partial charge < -0.3 is 16.0 Å². The second-order valence-corrected chi connectivity index (χ2v) is 4.17. The molecule has 0 unspecified atom stereocenters. The summed E-state index contributed by atoms with van der Waals surface area (Å²) in [5.74, 6) is -0.635. The smallest absolute Gasteiger partial charge is 0.397 e. The summed E-state index contributed by atoms with van der Waals surface area (Å²) in [4.78, 5) is 14.4. The van der Waals surface area contributed by atoms with Crippen molar-refractivity contribution in [1.29, 1.82) is 5.26 Å². The molecule has 0 bridgehead atoms. The van der Waals surface area contributed by atoms with Gasteiger partial charge in [-0.1, -0.05) is 0 Å². The number of benzene rings is 1. The van der Waals surface area contributed by atoms with Gasteiger partial charge in [0.2, 0.25) is 0 Å². The van der Waals surface area contributed by atoms with Crippen LogP contribution in [0.1, 0.15) is 21.6 Å². The van der Waals surface area contributed by atoms with Crippen LogP contribution in [-0.4, -0.2) is 10.9 Å². The molecule has 1 amide bonds. The standard InChI is InChI=1S/C13H9F3N4O/c14-13(15,16)10-4-9(2-1-7(10)5-17)20-12(21)11-3-8(18)6-19-11/h1-4,6,19H,18H2,(H,20,21). The quantitative estimate of drug-likeness (QED) is 0.794. The third kappa shape index (κ3) is 3.14. The van der Waals surface area contributed by atoms with Crippen molar-refractivity contribution in [2.45, 2.75) is 6.18 Å². The lowest BCUT2D eigenvalue weighted by atomic mass is 10.1. The Kier molecular flexibility index (Phi) is 3.58. The molecule has 0 aliphatic heterocycles. The number of alkyl halides is 3. The number of nitrogen functional groups attached to an aromatic ring is 1. The van der Waals surface area contributed by atoms with Crippen LogP contribution in [0.25, 0.3) is 0 Å². The molecule has 1 aromatic heterocycles. The highest BCUT2D eigenvalue weighted by molar-refractivity contribution is 6.03. The maximum atomic E-state index is 12.8. The van der Waals surface area contributed by atoms with E-state index in [2.05, 4.69) is 10.3 Å². The van der Waals surface area contributed by atoms with Crippen molar-refractivity contribution in [3.63, 3.8) is 0 Å². The Bertz CT molecular complexity index is 728. The Morgan fingerprint density at radius 1 is 1.33 bits per heavy atom. The number of carbonyl (C=O) groups is 1. The normalized spacial score (nSPS) is 11.0. The topological polar surface area (TPSA) is 94.7 Å². The lowest BCUT2D eigenvalue weighted by molar-refractivity contribution is -0.137. The van der Waals surface area contributed by atoms with Crippen LogP contribution in [0.5, 0.6) is 0 Å². The van der Waals surface area contributed by atoms with Gasteiger partial charge in [-0.15, -0.1) is 0 Å². The lowest BCUT2D eigenvalue weighted by Crippen LogP contribution is -2.14. The number of H-pyrrole nitrogens is 1. The van der Waals surface area contributed by atoms with Crippen LogP contribution in [0.2, 0.25) is 0 Å². The number of nitrogens with two attached hydrogens (primary N) is 1. The number of halogens is 3. The van der Waals surface area contributed by atoms with Gasteiger partial charge in [0.15, 0.2) is 0 Å². The van der Waals surface area contributed by atoms with E-state index in [1.165, 1.54) is 24.4 Å². The molecule has 0 saturated heterocycles. The van der Waals surface area contributed by atoms with Gasteiger partial charge in [0.05, 0.1) is 17.2 Å². The molecule has 5 nitrogen and oxygen atoms in total. The number of nitriles is 1. The number of carbonyl (C=O) groups excluding carboxylic acids is 1. The van der Waals surface area contributed by atoms with Gasteiger partial charge >= 0.3 is 6.18 Å². The predicted molar refractivity (Wildman–Crippen MR) is 69.3 cm³/mol. The molecule has 4 N–H and O–H groups in total. The average Bonchev–Trinajstić information content (AvgIpc) is 2.84. The Hall–Kier alpha value is -2.95. The number of nitrogens with one attached hydrogen (secondary N) is 2. The Morgan fingerprint density at radius 3 is 2.57 bits per heavy atom. The monoisotopic (exact) mass is 294 g/mol. The van der Waals surface area contributed by atoms with Crippen LogP contribution in [0.4, 0.5) is 24.5 Å². The molecule has 0 spiro atoms. The van der Waals surface area contributed by atoms with Crippen molar-refractivity contribution in [2.75, 3.05) is 11.1 Å². The van der Waals surface area contributed by atoms with Crippen LogP contribution in [0.15, 0.2) is 30.5 Å². The van der Waals surface area contributed by atoms with E-state index in [0.29, 0.717) is 11.8 Å². The first-order chi connectivity index (χ1) is 9.81. The van der Waals surface area contributed by atoms with Crippen molar-refractivity contribution in [3.05, 3.63) is 47.3 Å². The summed E-state index contributed by atoms with van der Waals surface area (Å²) in [6.45, 7) is 0. The molecule has 0 fully saturated rings. The summed E-state index contributed by atoms with van der Waals surface area (Å²) in [6.07, 6.45) is -3.29. The van der Waals surface area contributed by atoms with Gasteiger partial charge in [0.25, 0.3) is 5.91 Å². The van der Waals surface area contributed by atoms with Crippen molar-refractivity contribution >= 4 is 17.3 Å². The molecular weight excluding hydrogens is 285 g/mol. The maximum absolute atomic E-state index is 12.8. The minimum Gasteiger partial charge on any atom is -0.397 e. The van der Waals surface area contributed by atoms with Crippen molar-refractivity contribution in [3.8, 4) is 6.07 Å². The fourth-order valence-electron chi connectivity index (χ4n) is 1.69. The van der Waals surface area contributed by atoms with Crippen LogP contribution in [0.3, 0.4) is 0 Å². The van der Waals surface area contributed by atoms with Gasteiger partial charge in [-0.3, -0.25) is 4.79 Å². The van der Waals surface area contributed by atoms with Crippen molar-refractivity contribution in [1.82, 2.24) is 4.98 Å². The van der Waals surface area contributed by atoms with Gasteiger partial charge in [0.1, 0.15) is 5.69 Å². The number of aromatic nitrogens is 1. The molecule has 0 aliphatic rings. The number of aromatic amines is 1.